The monoisotopic (exact) mass is 218 g/mol. The topological polar surface area (TPSA) is 47.3 Å². The maximum Gasteiger partial charge on any atom is 0.124 e. The largest absolute Gasteiger partial charge is 0.492 e. The number of rotatable bonds is 6. The Kier molecular flexibility index (Phi) is 3.96. The SMILES string of the molecule is c1ccc(OCCNCc2ccon2)cc1. The van der Waals surface area contributed by atoms with E-state index in [9.17, 15) is 0 Å². The Bertz CT molecular complexity index is 387. The second kappa shape index (κ2) is 5.92. The van der Waals surface area contributed by atoms with Crippen molar-refractivity contribution >= 4 is 0 Å². The molecule has 2 rings (SSSR count). The molecular formula is C12H14N2O2. The van der Waals surface area contributed by atoms with Gasteiger partial charge in [0.1, 0.15) is 18.6 Å². The van der Waals surface area contributed by atoms with Crippen LogP contribution in [0.25, 0.3) is 0 Å². The van der Waals surface area contributed by atoms with Gasteiger partial charge in [0.25, 0.3) is 0 Å². The fourth-order valence-corrected chi connectivity index (χ4v) is 1.30. The second-order valence-electron chi connectivity index (χ2n) is 3.33. The van der Waals surface area contributed by atoms with Crippen LogP contribution in [0.5, 0.6) is 5.75 Å². The van der Waals surface area contributed by atoms with Crippen LogP contribution in [0.3, 0.4) is 0 Å². The van der Waals surface area contributed by atoms with Crippen LogP contribution in [0.1, 0.15) is 5.69 Å². The lowest BCUT2D eigenvalue weighted by molar-refractivity contribution is 0.312. The molecule has 0 aliphatic heterocycles. The van der Waals surface area contributed by atoms with Crippen molar-refractivity contribution in [3.63, 3.8) is 0 Å². The Morgan fingerprint density at radius 2 is 2.06 bits per heavy atom. The van der Waals surface area contributed by atoms with Gasteiger partial charge in [-0.15, -0.1) is 0 Å². The lowest BCUT2D eigenvalue weighted by Crippen LogP contribution is -2.20. The average Bonchev–Trinajstić information content (AvgIpc) is 2.83. The molecule has 1 aromatic carbocycles. The first-order chi connectivity index (χ1) is 7.95. The van der Waals surface area contributed by atoms with E-state index in [0.717, 1.165) is 18.0 Å². The molecule has 0 unspecified atom stereocenters. The number of benzene rings is 1. The summed E-state index contributed by atoms with van der Waals surface area (Å²) in [6.45, 7) is 2.12. The van der Waals surface area contributed by atoms with Gasteiger partial charge in [0, 0.05) is 19.2 Å². The number of hydrogen-bond donors (Lipinski definition) is 1. The van der Waals surface area contributed by atoms with Crippen molar-refractivity contribution in [1.82, 2.24) is 10.5 Å². The molecule has 2 aromatic rings. The lowest BCUT2D eigenvalue weighted by Gasteiger charge is -2.05. The fourth-order valence-electron chi connectivity index (χ4n) is 1.30. The van der Waals surface area contributed by atoms with E-state index in [4.69, 9.17) is 9.26 Å². The molecule has 0 spiro atoms. The molecule has 0 saturated heterocycles. The third-order valence-electron chi connectivity index (χ3n) is 2.09. The Hall–Kier alpha value is -1.81. The van der Waals surface area contributed by atoms with Gasteiger partial charge in [0.05, 0.1) is 5.69 Å². The van der Waals surface area contributed by atoms with Crippen LogP contribution in [-0.2, 0) is 6.54 Å². The minimum absolute atomic E-state index is 0.641. The normalized spacial score (nSPS) is 10.2. The Labute approximate surface area is 94.2 Å². The van der Waals surface area contributed by atoms with Gasteiger partial charge < -0.3 is 14.6 Å². The van der Waals surface area contributed by atoms with E-state index in [2.05, 4.69) is 10.5 Å². The lowest BCUT2D eigenvalue weighted by atomic mass is 10.3. The molecule has 1 heterocycles. The molecule has 1 aromatic heterocycles. The van der Waals surface area contributed by atoms with E-state index in [1.165, 1.54) is 0 Å². The minimum atomic E-state index is 0.641. The van der Waals surface area contributed by atoms with Crippen LogP contribution in [0, 0.1) is 0 Å². The van der Waals surface area contributed by atoms with E-state index < -0.39 is 0 Å². The standard InChI is InChI=1S/C12H14N2O2/c1-2-4-12(5-3-1)15-9-7-13-10-11-6-8-16-14-11/h1-6,8,13H,7,9-10H2. The van der Waals surface area contributed by atoms with Gasteiger partial charge in [-0.2, -0.15) is 0 Å². The molecule has 0 radical (unpaired) electrons. The molecule has 16 heavy (non-hydrogen) atoms. The first-order valence-corrected chi connectivity index (χ1v) is 5.23. The van der Waals surface area contributed by atoms with Gasteiger partial charge in [-0.3, -0.25) is 0 Å². The highest BCUT2D eigenvalue weighted by atomic mass is 16.5. The van der Waals surface area contributed by atoms with Crippen LogP contribution < -0.4 is 10.1 Å². The minimum Gasteiger partial charge on any atom is -0.492 e. The molecule has 0 atom stereocenters. The number of aromatic nitrogens is 1. The summed E-state index contributed by atoms with van der Waals surface area (Å²) in [5.74, 6) is 0.894. The van der Waals surface area contributed by atoms with Crippen molar-refractivity contribution in [3.05, 3.63) is 48.4 Å². The van der Waals surface area contributed by atoms with Crippen molar-refractivity contribution in [2.75, 3.05) is 13.2 Å². The number of ether oxygens (including phenoxy) is 1. The first-order valence-electron chi connectivity index (χ1n) is 5.23. The molecule has 4 nitrogen and oxygen atoms in total. The second-order valence-corrected chi connectivity index (χ2v) is 3.33. The van der Waals surface area contributed by atoms with Crippen molar-refractivity contribution in [1.29, 1.82) is 0 Å². The quantitative estimate of drug-likeness (QED) is 0.751. The summed E-state index contributed by atoms with van der Waals surface area (Å²) in [4.78, 5) is 0. The third kappa shape index (κ3) is 3.40. The molecule has 0 aliphatic carbocycles. The first kappa shape index (κ1) is 10.7. The molecule has 4 heteroatoms. The fraction of sp³-hybridized carbons (Fsp3) is 0.250. The van der Waals surface area contributed by atoms with Crippen LogP contribution in [0.2, 0.25) is 0 Å². The van der Waals surface area contributed by atoms with Gasteiger partial charge in [-0.05, 0) is 12.1 Å². The number of nitrogens with one attached hydrogen (secondary N) is 1. The van der Waals surface area contributed by atoms with E-state index in [1.54, 1.807) is 6.26 Å². The molecule has 0 fully saturated rings. The van der Waals surface area contributed by atoms with E-state index in [-0.39, 0.29) is 0 Å². The predicted molar refractivity (Wildman–Crippen MR) is 60.1 cm³/mol. The molecule has 0 aliphatic rings. The molecular weight excluding hydrogens is 204 g/mol. The smallest absolute Gasteiger partial charge is 0.124 e. The molecule has 0 amide bonds. The zero-order chi connectivity index (χ0) is 11.1. The molecule has 1 N–H and O–H groups in total. The average molecular weight is 218 g/mol. The van der Waals surface area contributed by atoms with Crippen LogP contribution in [0.15, 0.2) is 47.2 Å². The van der Waals surface area contributed by atoms with Crippen molar-refractivity contribution in [3.8, 4) is 5.75 Å². The van der Waals surface area contributed by atoms with Gasteiger partial charge in [-0.1, -0.05) is 23.4 Å². The van der Waals surface area contributed by atoms with Gasteiger partial charge in [-0.25, -0.2) is 0 Å². The highest BCUT2D eigenvalue weighted by Crippen LogP contribution is 2.07. The zero-order valence-electron chi connectivity index (χ0n) is 8.93. The Morgan fingerprint density at radius 3 is 2.81 bits per heavy atom. The van der Waals surface area contributed by atoms with Gasteiger partial charge in [0.2, 0.25) is 0 Å². The Balaban J connectivity index is 1.59. The van der Waals surface area contributed by atoms with Crippen LogP contribution >= 0.6 is 0 Å². The number of nitrogens with zero attached hydrogens (tertiary/aromatic N) is 1. The maximum absolute atomic E-state index is 5.52. The summed E-state index contributed by atoms with van der Waals surface area (Å²) in [7, 11) is 0. The van der Waals surface area contributed by atoms with E-state index in [0.29, 0.717) is 13.2 Å². The van der Waals surface area contributed by atoms with Crippen molar-refractivity contribution < 1.29 is 9.26 Å². The molecule has 0 bridgehead atoms. The zero-order valence-corrected chi connectivity index (χ0v) is 8.93. The summed E-state index contributed by atoms with van der Waals surface area (Å²) in [6.07, 6.45) is 1.57. The molecule has 84 valence electrons. The highest BCUT2D eigenvalue weighted by Gasteiger charge is 1.95. The van der Waals surface area contributed by atoms with Gasteiger partial charge >= 0.3 is 0 Å². The van der Waals surface area contributed by atoms with Crippen molar-refractivity contribution in [2.45, 2.75) is 6.54 Å². The number of para-hydroxylation sites is 1. The van der Waals surface area contributed by atoms with Crippen LogP contribution in [-0.4, -0.2) is 18.3 Å². The molecule has 0 saturated carbocycles. The third-order valence-corrected chi connectivity index (χ3v) is 2.09. The predicted octanol–water partition coefficient (Wildman–Crippen LogP) is 1.84. The summed E-state index contributed by atoms with van der Waals surface area (Å²) < 4.78 is 10.2. The highest BCUT2D eigenvalue weighted by molar-refractivity contribution is 5.20. The summed E-state index contributed by atoms with van der Waals surface area (Å²) in [5.41, 5.74) is 0.903. The summed E-state index contributed by atoms with van der Waals surface area (Å²) in [6, 6.07) is 11.6. The summed E-state index contributed by atoms with van der Waals surface area (Å²) in [5, 5.41) is 7.00. The maximum atomic E-state index is 5.52. The van der Waals surface area contributed by atoms with E-state index in [1.807, 2.05) is 36.4 Å². The van der Waals surface area contributed by atoms with Gasteiger partial charge in [0.15, 0.2) is 0 Å². The number of hydrogen-bond acceptors (Lipinski definition) is 4. The summed E-state index contributed by atoms with van der Waals surface area (Å²) >= 11 is 0. The Morgan fingerprint density at radius 1 is 1.19 bits per heavy atom. The van der Waals surface area contributed by atoms with E-state index >= 15 is 0 Å². The van der Waals surface area contributed by atoms with Crippen LogP contribution in [0.4, 0.5) is 0 Å². The van der Waals surface area contributed by atoms with Crippen molar-refractivity contribution in [2.24, 2.45) is 0 Å².